The summed E-state index contributed by atoms with van der Waals surface area (Å²) in [6.45, 7) is 2.11. The number of aromatic nitrogens is 2. The van der Waals surface area contributed by atoms with Crippen molar-refractivity contribution < 1.29 is 0 Å². The smallest absolute Gasteiger partial charge is 0.137 e. The van der Waals surface area contributed by atoms with E-state index in [0.29, 0.717) is 0 Å². The monoisotopic (exact) mass is 300 g/mol. The molecule has 90 valence electrons. The number of halogens is 1. The first-order valence-corrected chi connectivity index (χ1v) is 6.70. The van der Waals surface area contributed by atoms with Crippen molar-refractivity contribution in [3.8, 4) is 0 Å². The molecule has 1 aromatic carbocycles. The number of nitrogens with zero attached hydrogens (tertiary/aromatic N) is 2. The average molecular weight is 301 g/mol. The van der Waals surface area contributed by atoms with Gasteiger partial charge in [0.15, 0.2) is 0 Å². The lowest BCUT2D eigenvalue weighted by molar-refractivity contribution is 1.10. The van der Waals surface area contributed by atoms with Gasteiger partial charge in [0.1, 0.15) is 5.65 Å². The van der Waals surface area contributed by atoms with Crippen LogP contribution in [0.1, 0.15) is 16.8 Å². The van der Waals surface area contributed by atoms with Crippen LogP contribution in [0.25, 0.3) is 5.65 Å². The van der Waals surface area contributed by atoms with Crippen LogP contribution in [0.15, 0.2) is 53.3 Å². The topological polar surface area (TPSA) is 17.3 Å². The van der Waals surface area contributed by atoms with E-state index >= 15 is 0 Å². The van der Waals surface area contributed by atoms with Crippen LogP contribution >= 0.6 is 15.9 Å². The molecule has 18 heavy (non-hydrogen) atoms. The molecule has 0 aliphatic carbocycles. The van der Waals surface area contributed by atoms with Crippen molar-refractivity contribution in [3.63, 3.8) is 0 Å². The molecule has 0 radical (unpaired) electrons. The van der Waals surface area contributed by atoms with Gasteiger partial charge in [-0.3, -0.25) is 4.40 Å². The molecule has 0 fully saturated rings. The molecular formula is C15H13BrN2. The van der Waals surface area contributed by atoms with Crippen molar-refractivity contribution in [2.24, 2.45) is 0 Å². The summed E-state index contributed by atoms with van der Waals surface area (Å²) >= 11 is 3.53. The lowest BCUT2D eigenvalue weighted by Gasteiger charge is -1.99. The van der Waals surface area contributed by atoms with E-state index in [2.05, 4.69) is 62.7 Å². The van der Waals surface area contributed by atoms with Gasteiger partial charge in [0.25, 0.3) is 0 Å². The molecule has 0 aliphatic rings. The van der Waals surface area contributed by atoms with Crippen LogP contribution in [-0.4, -0.2) is 9.38 Å². The predicted molar refractivity (Wildman–Crippen MR) is 76.9 cm³/mol. The second kappa shape index (κ2) is 4.58. The van der Waals surface area contributed by atoms with Crippen molar-refractivity contribution >= 4 is 21.6 Å². The van der Waals surface area contributed by atoms with Gasteiger partial charge in [-0.25, -0.2) is 4.98 Å². The Bertz CT molecular complexity index is 701. The molecule has 0 aliphatic heterocycles. The zero-order chi connectivity index (χ0) is 12.5. The van der Waals surface area contributed by atoms with Gasteiger partial charge in [0.05, 0.1) is 10.3 Å². The molecule has 0 N–H and O–H groups in total. The molecule has 0 amide bonds. The number of imidazole rings is 1. The van der Waals surface area contributed by atoms with Crippen molar-refractivity contribution in [1.82, 2.24) is 9.38 Å². The van der Waals surface area contributed by atoms with Crippen molar-refractivity contribution in [3.05, 3.63) is 70.1 Å². The number of aryl methyl sites for hydroxylation is 1. The summed E-state index contributed by atoms with van der Waals surface area (Å²) in [7, 11) is 0. The Morgan fingerprint density at radius 1 is 1.17 bits per heavy atom. The van der Waals surface area contributed by atoms with E-state index in [1.165, 1.54) is 11.1 Å². The molecular weight excluding hydrogens is 288 g/mol. The summed E-state index contributed by atoms with van der Waals surface area (Å²) in [5.41, 5.74) is 4.66. The highest BCUT2D eigenvalue weighted by atomic mass is 79.9. The molecule has 0 bridgehead atoms. The fourth-order valence-corrected chi connectivity index (χ4v) is 2.58. The second-order valence-corrected chi connectivity index (χ2v) is 5.29. The largest absolute Gasteiger partial charge is 0.294 e. The summed E-state index contributed by atoms with van der Waals surface area (Å²) in [5.74, 6) is 0. The lowest BCUT2D eigenvalue weighted by Crippen LogP contribution is -1.88. The van der Waals surface area contributed by atoms with Gasteiger partial charge in [0, 0.05) is 12.6 Å². The Kier molecular flexibility index (Phi) is 2.92. The van der Waals surface area contributed by atoms with Gasteiger partial charge in [0.2, 0.25) is 0 Å². The van der Waals surface area contributed by atoms with Gasteiger partial charge >= 0.3 is 0 Å². The number of rotatable bonds is 2. The van der Waals surface area contributed by atoms with E-state index < -0.39 is 0 Å². The third kappa shape index (κ3) is 2.18. The first kappa shape index (κ1) is 11.5. The number of pyridine rings is 1. The highest BCUT2D eigenvalue weighted by Gasteiger charge is 2.04. The zero-order valence-corrected chi connectivity index (χ0v) is 11.7. The molecule has 2 heterocycles. The van der Waals surface area contributed by atoms with Gasteiger partial charge in [-0.15, -0.1) is 0 Å². The van der Waals surface area contributed by atoms with Crippen LogP contribution in [0, 0.1) is 6.92 Å². The highest BCUT2D eigenvalue weighted by Crippen LogP contribution is 2.16. The van der Waals surface area contributed by atoms with Gasteiger partial charge in [-0.2, -0.15) is 0 Å². The van der Waals surface area contributed by atoms with Crippen LogP contribution in [0.3, 0.4) is 0 Å². The summed E-state index contributed by atoms with van der Waals surface area (Å²) < 4.78 is 3.09. The van der Waals surface area contributed by atoms with Crippen LogP contribution < -0.4 is 0 Å². The van der Waals surface area contributed by atoms with Crippen LogP contribution in [0.5, 0.6) is 0 Å². The average Bonchev–Trinajstić information content (AvgIpc) is 2.73. The summed E-state index contributed by atoms with van der Waals surface area (Å²) in [4.78, 5) is 4.63. The van der Waals surface area contributed by atoms with E-state index in [1.807, 2.05) is 18.2 Å². The van der Waals surface area contributed by atoms with Crippen LogP contribution in [-0.2, 0) is 6.42 Å². The third-order valence-corrected chi connectivity index (χ3v) is 3.61. The highest BCUT2D eigenvalue weighted by molar-refractivity contribution is 9.10. The first-order chi connectivity index (χ1) is 8.72. The molecule has 0 spiro atoms. The minimum Gasteiger partial charge on any atom is -0.294 e. The van der Waals surface area contributed by atoms with Crippen molar-refractivity contribution in [1.29, 1.82) is 0 Å². The molecule has 3 rings (SSSR count). The van der Waals surface area contributed by atoms with E-state index in [9.17, 15) is 0 Å². The summed E-state index contributed by atoms with van der Waals surface area (Å²) in [6, 6.07) is 14.6. The maximum atomic E-state index is 4.63. The number of fused-ring (bicyclic) bond motifs is 1. The Morgan fingerprint density at radius 2 is 2.00 bits per heavy atom. The second-order valence-electron chi connectivity index (χ2n) is 4.47. The standard InChI is InChI=1S/C15H13BrN2/c1-11-4-2-5-12(8-11)9-13-10-18-14(16)6-3-7-15(18)17-13/h2-8,10H,9H2,1H3. The maximum absolute atomic E-state index is 4.63. The lowest BCUT2D eigenvalue weighted by atomic mass is 10.1. The Hall–Kier alpha value is -1.61. The number of hydrogen-bond acceptors (Lipinski definition) is 1. The van der Waals surface area contributed by atoms with E-state index in [4.69, 9.17) is 0 Å². The minimum atomic E-state index is 0.871. The minimum absolute atomic E-state index is 0.871. The number of hydrogen-bond donors (Lipinski definition) is 0. The molecule has 0 atom stereocenters. The molecule has 3 heteroatoms. The Labute approximate surface area is 114 Å². The predicted octanol–water partition coefficient (Wildman–Crippen LogP) is 4.00. The van der Waals surface area contributed by atoms with E-state index in [0.717, 1.165) is 22.4 Å². The quantitative estimate of drug-likeness (QED) is 0.654. The normalized spacial score (nSPS) is 11.0. The third-order valence-electron chi connectivity index (χ3n) is 2.96. The fraction of sp³-hybridized carbons (Fsp3) is 0.133. The molecule has 0 saturated carbocycles. The van der Waals surface area contributed by atoms with Crippen LogP contribution in [0.2, 0.25) is 0 Å². The van der Waals surface area contributed by atoms with Crippen LogP contribution in [0.4, 0.5) is 0 Å². The SMILES string of the molecule is Cc1cccc(Cc2cn3c(Br)cccc3n2)c1. The fourth-order valence-electron chi connectivity index (χ4n) is 2.14. The summed E-state index contributed by atoms with van der Waals surface area (Å²) in [5, 5.41) is 0. The zero-order valence-electron chi connectivity index (χ0n) is 10.1. The Balaban J connectivity index is 1.98. The van der Waals surface area contributed by atoms with Crippen molar-refractivity contribution in [2.75, 3.05) is 0 Å². The van der Waals surface area contributed by atoms with Gasteiger partial charge in [-0.05, 0) is 40.5 Å². The maximum Gasteiger partial charge on any atom is 0.137 e. The van der Waals surface area contributed by atoms with Gasteiger partial charge in [-0.1, -0.05) is 35.9 Å². The van der Waals surface area contributed by atoms with Crippen molar-refractivity contribution in [2.45, 2.75) is 13.3 Å². The molecule has 2 nitrogen and oxygen atoms in total. The molecule has 0 saturated heterocycles. The summed E-state index contributed by atoms with van der Waals surface area (Å²) in [6.07, 6.45) is 2.96. The van der Waals surface area contributed by atoms with E-state index in [1.54, 1.807) is 0 Å². The van der Waals surface area contributed by atoms with Gasteiger partial charge < -0.3 is 0 Å². The Morgan fingerprint density at radius 3 is 2.78 bits per heavy atom. The first-order valence-electron chi connectivity index (χ1n) is 5.90. The number of benzene rings is 1. The molecule has 3 aromatic rings. The van der Waals surface area contributed by atoms with E-state index in [-0.39, 0.29) is 0 Å². The molecule has 2 aromatic heterocycles. The molecule has 0 unspecified atom stereocenters.